The third kappa shape index (κ3) is 4.64. The van der Waals surface area contributed by atoms with Crippen LogP contribution in [0.4, 0.5) is 5.69 Å². The molecule has 30 heavy (non-hydrogen) atoms. The Morgan fingerprint density at radius 2 is 1.83 bits per heavy atom. The molecule has 0 unspecified atom stereocenters. The molecule has 0 radical (unpaired) electrons. The zero-order valence-electron chi connectivity index (χ0n) is 16.2. The van der Waals surface area contributed by atoms with Gasteiger partial charge in [-0.05, 0) is 61.1 Å². The van der Waals surface area contributed by atoms with Gasteiger partial charge >= 0.3 is 0 Å². The van der Waals surface area contributed by atoms with Crippen LogP contribution in [0, 0.1) is 6.92 Å². The number of fused-ring (bicyclic) bond motifs is 1. The molecule has 1 aromatic heterocycles. The number of nitrogens with one attached hydrogen (secondary N) is 2. The van der Waals surface area contributed by atoms with Gasteiger partial charge in [0.15, 0.2) is 17.3 Å². The van der Waals surface area contributed by atoms with E-state index >= 15 is 0 Å². The van der Waals surface area contributed by atoms with Gasteiger partial charge in [-0.3, -0.25) is 10.1 Å². The smallest absolute Gasteiger partial charge is 0.264 e. The number of aromatic nitrogens is 1. The van der Waals surface area contributed by atoms with Crippen LogP contribution in [-0.2, 0) is 4.79 Å². The summed E-state index contributed by atoms with van der Waals surface area (Å²) in [5, 5.41) is 5.76. The fourth-order valence-corrected chi connectivity index (χ4v) is 3.16. The van der Waals surface area contributed by atoms with Gasteiger partial charge in [0.1, 0.15) is 11.3 Å². The fraction of sp³-hybridized carbons (Fsp3) is 0.0870. The Balaban J connectivity index is 1.39. The van der Waals surface area contributed by atoms with Gasteiger partial charge in [0.25, 0.3) is 5.91 Å². The highest BCUT2D eigenvalue weighted by molar-refractivity contribution is 7.80. The summed E-state index contributed by atoms with van der Waals surface area (Å²) in [6, 6.07) is 22.5. The lowest BCUT2D eigenvalue weighted by atomic mass is 10.1. The van der Waals surface area contributed by atoms with Crippen molar-refractivity contribution in [2.45, 2.75) is 6.92 Å². The van der Waals surface area contributed by atoms with Gasteiger partial charge in [-0.2, -0.15) is 0 Å². The number of hydrogen-bond donors (Lipinski definition) is 2. The summed E-state index contributed by atoms with van der Waals surface area (Å²) in [4.78, 5) is 16.6. The Morgan fingerprint density at radius 3 is 2.63 bits per heavy atom. The number of benzene rings is 3. The van der Waals surface area contributed by atoms with Crippen LogP contribution in [0.3, 0.4) is 0 Å². The number of rotatable bonds is 5. The molecule has 1 amide bonds. The Morgan fingerprint density at radius 1 is 1.07 bits per heavy atom. The van der Waals surface area contributed by atoms with Crippen molar-refractivity contribution in [3.63, 3.8) is 0 Å². The number of para-hydroxylation sites is 1. The first-order chi connectivity index (χ1) is 14.6. The molecule has 0 aliphatic heterocycles. The molecule has 0 saturated heterocycles. The summed E-state index contributed by atoms with van der Waals surface area (Å²) in [6.07, 6.45) is 0. The molecule has 4 rings (SSSR count). The van der Waals surface area contributed by atoms with Crippen LogP contribution in [0.25, 0.3) is 22.6 Å². The Kier molecular flexibility index (Phi) is 5.72. The van der Waals surface area contributed by atoms with Gasteiger partial charge in [0, 0.05) is 11.3 Å². The van der Waals surface area contributed by atoms with E-state index in [4.69, 9.17) is 21.4 Å². The highest BCUT2D eigenvalue weighted by Crippen LogP contribution is 2.28. The van der Waals surface area contributed by atoms with Gasteiger partial charge in [0.2, 0.25) is 5.89 Å². The molecular weight excluding hydrogens is 398 g/mol. The highest BCUT2D eigenvalue weighted by Gasteiger charge is 2.12. The molecule has 0 aliphatic rings. The summed E-state index contributed by atoms with van der Waals surface area (Å²) >= 11 is 5.22. The van der Waals surface area contributed by atoms with E-state index in [1.54, 1.807) is 12.1 Å². The average Bonchev–Trinajstić information content (AvgIpc) is 3.16. The van der Waals surface area contributed by atoms with Crippen LogP contribution in [0.5, 0.6) is 5.75 Å². The molecule has 4 aromatic rings. The summed E-state index contributed by atoms with van der Waals surface area (Å²) in [6.45, 7) is 1.88. The molecule has 0 bridgehead atoms. The van der Waals surface area contributed by atoms with Crippen molar-refractivity contribution in [3.8, 4) is 17.2 Å². The Hall–Kier alpha value is -3.71. The summed E-state index contributed by atoms with van der Waals surface area (Å²) in [7, 11) is 0. The number of anilines is 1. The first kappa shape index (κ1) is 19.6. The minimum Gasteiger partial charge on any atom is -0.484 e. The minimum atomic E-state index is -0.347. The van der Waals surface area contributed by atoms with Gasteiger partial charge in [0.05, 0.1) is 0 Å². The molecule has 0 atom stereocenters. The Bertz CT molecular complexity index is 1200. The van der Waals surface area contributed by atoms with E-state index in [2.05, 4.69) is 15.6 Å². The summed E-state index contributed by atoms with van der Waals surface area (Å²) in [5.41, 5.74) is 4.10. The van der Waals surface area contributed by atoms with E-state index in [1.165, 1.54) is 0 Å². The molecule has 6 nitrogen and oxygen atoms in total. The first-order valence-corrected chi connectivity index (χ1v) is 9.74. The third-order valence-corrected chi connectivity index (χ3v) is 4.59. The molecule has 0 saturated carbocycles. The van der Waals surface area contributed by atoms with Crippen molar-refractivity contribution in [2.75, 3.05) is 11.9 Å². The van der Waals surface area contributed by atoms with Crippen molar-refractivity contribution in [1.82, 2.24) is 10.3 Å². The van der Waals surface area contributed by atoms with E-state index in [9.17, 15) is 4.79 Å². The number of nitrogens with zero attached hydrogens (tertiary/aromatic N) is 1. The second-order valence-electron chi connectivity index (χ2n) is 6.62. The predicted molar refractivity (Wildman–Crippen MR) is 120 cm³/mol. The molecule has 0 spiro atoms. The van der Waals surface area contributed by atoms with Gasteiger partial charge in [-0.15, -0.1) is 0 Å². The Labute approximate surface area is 178 Å². The van der Waals surface area contributed by atoms with Gasteiger partial charge < -0.3 is 14.5 Å². The number of carbonyl (C=O) groups excluding carboxylic acids is 1. The molecule has 0 fully saturated rings. The van der Waals surface area contributed by atoms with Crippen LogP contribution < -0.4 is 15.4 Å². The second-order valence-corrected chi connectivity index (χ2v) is 7.03. The molecule has 3 aromatic carbocycles. The summed E-state index contributed by atoms with van der Waals surface area (Å²) < 4.78 is 11.3. The number of ether oxygens (including phenoxy) is 1. The van der Waals surface area contributed by atoms with Gasteiger partial charge in [-0.1, -0.05) is 36.4 Å². The van der Waals surface area contributed by atoms with Crippen molar-refractivity contribution in [1.29, 1.82) is 0 Å². The molecular formula is C23H19N3O3S. The van der Waals surface area contributed by atoms with Crippen molar-refractivity contribution >= 4 is 40.0 Å². The average molecular weight is 417 g/mol. The lowest BCUT2D eigenvalue weighted by Crippen LogP contribution is -2.37. The quantitative estimate of drug-likeness (QED) is 0.459. The maximum absolute atomic E-state index is 12.0. The number of amides is 1. The number of aryl methyl sites for hydroxylation is 1. The van der Waals surface area contributed by atoms with Crippen LogP contribution >= 0.6 is 12.2 Å². The van der Waals surface area contributed by atoms with Crippen molar-refractivity contribution in [2.24, 2.45) is 0 Å². The van der Waals surface area contributed by atoms with Crippen LogP contribution in [0.2, 0.25) is 0 Å². The normalized spacial score (nSPS) is 10.6. The maximum Gasteiger partial charge on any atom is 0.264 e. The number of oxazole rings is 1. The van der Waals surface area contributed by atoms with Crippen LogP contribution in [0.15, 0.2) is 77.2 Å². The molecule has 0 aliphatic carbocycles. The monoisotopic (exact) mass is 417 g/mol. The molecule has 2 N–H and O–H groups in total. The first-order valence-electron chi connectivity index (χ1n) is 9.34. The SMILES string of the molecule is Cc1ccccc1-c1nc2cc(NC(=S)NC(=O)COc3ccccc3)ccc2o1. The van der Waals surface area contributed by atoms with Gasteiger partial charge in [-0.25, -0.2) is 4.98 Å². The molecule has 1 heterocycles. The highest BCUT2D eigenvalue weighted by atomic mass is 32.1. The summed E-state index contributed by atoms with van der Waals surface area (Å²) in [5.74, 6) is 0.836. The zero-order chi connectivity index (χ0) is 20.9. The molecule has 150 valence electrons. The lowest BCUT2D eigenvalue weighted by molar-refractivity contribution is -0.121. The lowest BCUT2D eigenvalue weighted by Gasteiger charge is -2.10. The molecule has 7 heteroatoms. The van der Waals surface area contributed by atoms with Crippen LogP contribution in [-0.4, -0.2) is 22.6 Å². The minimum absolute atomic E-state index is 0.131. The third-order valence-electron chi connectivity index (χ3n) is 4.39. The van der Waals surface area contributed by atoms with E-state index in [0.717, 1.165) is 11.1 Å². The van der Waals surface area contributed by atoms with E-state index in [1.807, 2.05) is 67.6 Å². The fourth-order valence-electron chi connectivity index (χ4n) is 2.92. The standard InChI is InChI=1S/C23H19N3O3S/c1-15-7-5-6-10-18(15)22-25-19-13-16(11-12-20(19)29-22)24-23(30)26-21(27)14-28-17-8-3-2-4-9-17/h2-13H,14H2,1H3,(H2,24,26,27,30). The number of hydrogen-bond acceptors (Lipinski definition) is 5. The van der Waals surface area contributed by atoms with E-state index < -0.39 is 0 Å². The number of carbonyl (C=O) groups is 1. The van der Waals surface area contributed by atoms with E-state index in [-0.39, 0.29) is 17.6 Å². The van der Waals surface area contributed by atoms with Crippen LogP contribution in [0.1, 0.15) is 5.56 Å². The maximum atomic E-state index is 12.0. The van der Waals surface area contributed by atoms with Crippen molar-refractivity contribution in [3.05, 3.63) is 78.4 Å². The largest absolute Gasteiger partial charge is 0.484 e. The van der Waals surface area contributed by atoms with E-state index in [0.29, 0.717) is 28.4 Å². The predicted octanol–water partition coefficient (Wildman–Crippen LogP) is 4.70. The number of thiocarbonyl (C=S) groups is 1. The zero-order valence-corrected chi connectivity index (χ0v) is 17.0. The second kappa shape index (κ2) is 8.75. The topological polar surface area (TPSA) is 76.4 Å². The van der Waals surface area contributed by atoms with Crippen molar-refractivity contribution < 1.29 is 13.9 Å².